The average molecular weight is 409 g/mol. The minimum atomic E-state index is -0.853. The molecule has 4 rings (SSSR count). The number of carbonyl (C=O) groups excluding carboxylic acids is 1. The summed E-state index contributed by atoms with van der Waals surface area (Å²) in [6, 6.07) is 14.9. The van der Waals surface area contributed by atoms with Gasteiger partial charge in [0, 0.05) is 19.0 Å². The van der Waals surface area contributed by atoms with Crippen molar-refractivity contribution in [2.45, 2.75) is 31.6 Å². The number of amides is 1. The van der Waals surface area contributed by atoms with E-state index in [9.17, 15) is 9.90 Å². The lowest BCUT2D eigenvalue weighted by molar-refractivity contribution is 0.0883. The molecule has 0 radical (unpaired) electrons. The third-order valence-corrected chi connectivity index (χ3v) is 5.67. The predicted octanol–water partition coefficient (Wildman–Crippen LogP) is 3.00. The van der Waals surface area contributed by atoms with Gasteiger partial charge in [-0.05, 0) is 43.1 Å². The fourth-order valence-electron chi connectivity index (χ4n) is 3.96. The Morgan fingerprint density at radius 2 is 1.97 bits per heavy atom. The molecule has 7 heteroatoms. The van der Waals surface area contributed by atoms with E-state index in [1.165, 1.54) is 0 Å². The number of hydrogen-bond donors (Lipinski definition) is 2. The molecule has 0 bridgehead atoms. The van der Waals surface area contributed by atoms with Gasteiger partial charge in [0.15, 0.2) is 0 Å². The van der Waals surface area contributed by atoms with Crippen molar-refractivity contribution in [3.8, 4) is 0 Å². The molecule has 158 valence electrons. The Bertz CT molecular complexity index is 983. The van der Waals surface area contributed by atoms with Gasteiger partial charge in [0.2, 0.25) is 0 Å². The molecule has 2 heterocycles. The molecule has 0 spiro atoms. The van der Waals surface area contributed by atoms with Gasteiger partial charge in [0.25, 0.3) is 0 Å². The summed E-state index contributed by atoms with van der Waals surface area (Å²) in [6.45, 7) is 2.72. The highest BCUT2D eigenvalue weighted by Gasteiger charge is 2.27. The van der Waals surface area contributed by atoms with Crippen LogP contribution in [-0.4, -0.2) is 51.6 Å². The minimum Gasteiger partial charge on any atom is -0.445 e. The number of aliphatic hydroxyl groups excluding tert-OH is 1. The molecule has 2 atom stereocenters. The second-order valence-electron chi connectivity index (χ2n) is 7.85. The van der Waals surface area contributed by atoms with Crippen LogP contribution in [0, 0.1) is 0 Å². The van der Waals surface area contributed by atoms with E-state index >= 15 is 0 Å². The number of likely N-dealkylation sites (tertiary alicyclic amines) is 1. The van der Waals surface area contributed by atoms with Crippen molar-refractivity contribution in [2.24, 2.45) is 7.05 Å². The SMILES string of the molecule is Cn1ncc2ccc(C(O)[C@@H](CN3CCCC3)NC(=O)OCc3ccccc3)cc21. The Kier molecular flexibility index (Phi) is 6.30. The Balaban J connectivity index is 1.47. The van der Waals surface area contributed by atoms with Crippen LogP contribution in [0.25, 0.3) is 10.9 Å². The number of benzene rings is 2. The summed E-state index contributed by atoms with van der Waals surface area (Å²) in [7, 11) is 1.87. The zero-order valence-electron chi connectivity index (χ0n) is 17.2. The Morgan fingerprint density at radius 1 is 1.20 bits per heavy atom. The van der Waals surface area contributed by atoms with E-state index in [1.807, 2.05) is 55.6 Å². The van der Waals surface area contributed by atoms with Crippen LogP contribution < -0.4 is 5.32 Å². The van der Waals surface area contributed by atoms with Gasteiger partial charge >= 0.3 is 6.09 Å². The third kappa shape index (κ3) is 4.80. The van der Waals surface area contributed by atoms with E-state index in [2.05, 4.69) is 15.3 Å². The lowest BCUT2D eigenvalue weighted by atomic mass is 10.0. The maximum absolute atomic E-state index is 12.5. The van der Waals surface area contributed by atoms with E-state index in [4.69, 9.17) is 4.74 Å². The van der Waals surface area contributed by atoms with Gasteiger partial charge in [-0.25, -0.2) is 4.79 Å². The highest BCUT2D eigenvalue weighted by Crippen LogP contribution is 2.24. The van der Waals surface area contributed by atoms with E-state index in [1.54, 1.807) is 10.9 Å². The molecule has 1 aliphatic rings. The number of aromatic nitrogens is 2. The van der Waals surface area contributed by atoms with Crippen molar-refractivity contribution in [3.63, 3.8) is 0 Å². The first-order chi connectivity index (χ1) is 14.6. The number of fused-ring (bicyclic) bond motifs is 1. The Morgan fingerprint density at radius 3 is 2.73 bits per heavy atom. The zero-order valence-corrected chi connectivity index (χ0v) is 17.2. The monoisotopic (exact) mass is 408 g/mol. The molecule has 3 aromatic rings. The van der Waals surface area contributed by atoms with Gasteiger partial charge < -0.3 is 20.1 Å². The molecular formula is C23H28N4O3. The fourth-order valence-corrected chi connectivity index (χ4v) is 3.96. The van der Waals surface area contributed by atoms with Gasteiger partial charge in [-0.15, -0.1) is 0 Å². The first-order valence-corrected chi connectivity index (χ1v) is 10.4. The number of alkyl carbamates (subject to hydrolysis) is 1. The highest BCUT2D eigenvalue weighted by molar-refractivity contribution is 5.79. The number of hydrogen-bond acceptors (Lipinski definition) is 5. The first-order valence-electron chi connectivity index (χ1n) is 10.4. The Labute approximate surface area is 176 Å². The number of aliphatic hydroxyl groups is 1. The summed E-state index contributed by atoms with van der Waals surface area (Å²) >= 11 is 0. The van der Waals surface area contributed by atoms with Crippen LogP contribution in [0.3, 0.4) is 0 Å². The van der Waals surface area contributed by atoms with Gasteiger partial charge in [0.1, 0.15) is 12.7 Å². The van der Waals surface area contributed by atoms with Crippen LogP contribution in [-0.2, 0) is 18.4 Å². The van der Waals surface area contributed by atoms with Gasteiger partial charge in [-0.2, -0.15) is 5.10 Å². The van der Waals surface area contributed by atoms with Gasteiger partial charge in [-0.1, -0.05) is 42.5 Å². The Hall–Kier alpha value is -2.90. The van der Waals surface area contributed by atoms with Gasteiger partial charge in [0.05, 0.1) is 17.8 Å². The number of rotatable bonds is 7. The maximum atomic E-state index is 12.5. The van der Waals surface area contributed by atoms with Crippen LogP contribution in [0.4, 0.5) is 4.79 Å². The summed E-state index contributed by atoms with van der Waals surface area (Å²) in [5, 5.41) is 19.3. The summed E-state index contributed by atoms with van der Waals surface area (Å²) in [5.74, 6) is 0. The first kappa shape index (κ1) is 20.4. The summed E-state index contributed by atoms with van der Waals surface area (Å²) < 4.78 is 7.17. The van der Waals surface area contributed by atoms with E-state index in [-0.39, 0.29) is 6.61 Å². The maximum Gasteiger partial charge on any atom is 0.407 e. The van der Waals surface area contributed by atoms with Crippen LogP contribution >= 0.6 is 0 Å². The van der Waals surface area contributed by atoms with Gasteiger partial charge in [-0.3, -0.25) is 4.68 Å². The largest absolute Gasteiger partial charge is 0.445 e. The molecule has 0 saturated carbocycles. The minimum absolute atomic E-state index is 0.195. The smallest absolute Gasteiger partial charge is 0.407 e. The molecule has 1 aliphatic heterocycles. The normalized spacial score (nSPS) is 16.5. The van der Waals surface area contributed by atoms with E-state index < -0.39 is 18.2 Å². The third-order valence-electron chi connectivity index (χ3n) is 5.67. The van der Waals surface area contributed by atoms with Crippen molar-refractivity contribution in [1.82, 2.24) is 20.0 Å². The molecular weight excluding hydrogens is 380 g/mol. The summed E-state index contributed by atoms with van der Waals surface area (Å²) in [4.78, 5) is 14.8. The summed E-state index contributed by atoms with van der Waals surface area (Å²) in [5.41, 5.74) is 2.61. The molecule has 2 N–H and O–H groups in total. The lowest BCUT2D eigenvalue weighted by Crippen LogP contribution is -2.46. The van der Waals surface area contributed by atoms with Crippen LogP contribution in [0.15, 0.2) is 54.7 Å². The predicted molar refractivity (Wildman–Crippen MR) is 115 cm³/mol. The van der Waals surface area contributed by atoms with Crippen LogP contribution in [0.2, 0.25) is 0 Å². The second kappa shape index (κ2) is 9.28. The molecule has 1 aromatic heterocycles. The van der Waals surface area contributed by atoms with Crippen molar-refractivity contribution in [1.29, 1.82) is 0 Å². The summed E-state index contributed by atoms with van der Waals surface area (Å²) in [6.07, 6.45) is 2.70. The standard InChI is InChI=1S/C23H28N4O3/c1-26-21-13-18(9-10-19(21)14-24-26)22(28)20(15-27-11-5-6-12-27)25-23(29)30-16-17-7-3-2-4-8-17/h2-4,7-10,13-14,20,22,28H,5-6,11-12,15-16H2,1H3,(H,25,29)/t20-,22?/m1/s1. The molecule has 7 nitrogen and oxygen atoms in total. The molecule has 2 aromatic carbocycles. The number of aryl methyl sites for hydroxylation is 1. The van der Waals surface area contributed by atoms with Crippen molar-refractivity contribution in [3.05, 3.63) is 65.9 Å². The lowest BCUT2D eigenvalue weighted by Gasteiger charge is -2.28. The number of nitrogens with zero attached hydrogens (tertiary/aromatic N) is 3. The van der Waals surface area contributed by atoms with E-state index in [0.717, 1.165) is 48.0 Å². The molecule has 1 saturated heterocycles. The van der Waals surface area contributed by atoms with Crippen molar-refractivity contribution >= 4 is 17.0 Å². The van der Waals surface area contributed by atoms with E-state index in [0.29, 0.717) is 6.54 Å². The molecule has 1 unspecified atom stereocenters. The molecule has 0 aliphatic carbocycles. The quantitative estimate of drug-likeness (QED) is 0.628. The highest BCUT2D eigenvalue weighted by atomic mass is 16.5. The zero-order chi connectivity index (χ0) is 20.9. The molecule has 1 amide bonds. The molecule has 30 heavy (non-hydrogen) atoms. The number of nitrogens with one attached hydrogen (secondary N) is 1. The van der Waals surface area contributed by atoms with Crippen molar-refractivity contribution in [2.75, 3.05) is 19.6 Å². The van der Waals surface area contributed by atoms with Crippen LogP contribution in [0.1, 0.15) is 30.1 Å². The second-order valence-corrected chi connectivity index (χ2v) is 7.85. The van der Waals surface area contributed by atoms with Crippen LogP contribution in [0.5, 0.6) is 0 Å². The number of carbonyl (C=O) groups is 1. The average Bonchev–Trinajstić information content (AvgIpc) is 3.42. The topological polar surface area (TPSA) is 79.6 Å². The van der Waals surface area contributed by atoms with Crippen molar-refractivity contribution < 1.29 is 14.6 Å². The fraction of sp³-hybridized carbons (Fsp3) is 0.391. The number of ether oxygens (including phenoxy) is 1. The molecule has 1 fully saturated rings.